The van der Waals surface area contributed by atoms with Crippen molar-refractivity contribution < 1.29 is 9.90 Å². The average molecular weight is 193 g/mol. The van der Waals surface area contributed by atoms with Crippen LogP contribution in [0.15, 0.2) is 18.2 Å². The molecule has 0 aliphatic heterocycles. The zero-order valence-electron chi connectivity index (χ0n) is 8.50. The van der Waals surface area contributed by atoms with E-state index in [2.05, 4.69) is 5.32 Å². The summed E-state index contributed by atoms with van der Waals surface area (Å²) < 4.78 is 0. The second-order valence-electron chi connectivity index (χ2n) is 3.27. The van der Waals surface area contributed by atoms with Crippen molar-refractivity contribution in [3.05, 3.63) is 23.8 Å². The zero-order chi connectivity index (χ0) is 10.6. The van der Waals surface area contributed by atoms with E-state index in [0.29, 0.717) is 5.75 Å². The van der Waals surface area contributed by atoms with Gasteiger partial charge in [-0.15, -0.1) is 0 Å². The van der Waals surface area contributed by atoms with E-state index >= 15 is 0 Å². The standard InChI is InChI=1S/C11H15NO2/c1-3-4-9-7-10(12-8(2)13)5-6-11(9)14/h5-7,14H,3-4H2,1-2H3,(H,12,13). The Morgan fingerprint density at radius 3 is 2.79 bits per heavy atom. The summed E-state index contributed by atoms with van der Waals surface area (Å²) in [6, 6.07) is 5.10. The minimum Gasteiger partial charge on any atom is -0.508 e. The molecule has 0 aliphatic rings. The SMILES string of the molecule is CCCc1cc(NC(C)=O)ccc1O. The Labute approximate surface area is 83.8 Å². The Morgan fingerprint density at radius 2 is 2.21 bits per heavy atom. The lowest BCUT2D eigenvalue weighted by atomic mass is 10.1. The largest absolute Gasteiger partial charge is 0.508 e. The highest BCUT2D eigenvalue weighted by atomic mass is 16.3. The molecule has 0 radical (unpaired) electrons. The summed E-state index contributed by atoms with van der Waals surface area (Å²) in [7, 11) is 0. The Hall–Kier alpha value is -1.51. The Bertz CT molecular complexity index is 334. The number of nitrogens with one attached hydrogen (secondary N) is 1. The number of aromatic hydroxyl groups is 1. The minimum absolute atomic E-state index is 0.0989. The predicted molar refractivity (Wildman–Crippen MR) is 56.4 cm³/mol. The summed E-state index contributed by atoms with van der Waals surface area (Å²) in [4.78, 5) is 10.8. The Kier molecular flexibility index (Phi) is 3.51. The van der Waals surface area contributed by atoms with Crippen molar-refractivity contribution in [3.8, 4) is 5.75 Å². The van der Waals surface area contributed by atoms with Gasteiger partial charge in [0.2, 0.25) is 5.91 Å². The van der Waals surface area contributed by atoms with E-state index in [0.717, 1.165) is 24.1 Å². The van der Waals surface area contributed by atoms with E-state index in [1.54, 1.807) is 18.2 Å². The van der Waals surface area contributed by atoms with E-state index < -0.39 is 0 Å². The van der Waals surface area contributed by atoms with Crippen LogP contribution in [0.2, 0.25) is 0 Å². The Balaban J connectivity index is 2.88. The molecule has 0 aromatic heterocycles. The number of benzene rings is 1. The van der Waals surface area contributed by atoms with E-state index in [9.17, 15) is 9.90 Å². The van der Waals surface area contributed by atoms with Crippen LogP contribution in [0.4, 0.5) is 5.69 Å². The lowest BCUT2D eigenvalue weighted by Crippen LogP contribution is -2.05. The molecule has 1 aromatic rings. The summed E-state index contributed by atoms with van der Waals surface area (Å²) in [6.07, 6.45) is 1.79. The average Bonchev–Trinajstić information content (AvgIpc) is 2.10. The quantitative estimate of drug-likeness (QED) is 0.724. The number of carbonyl (C=O) groups is 1. The minimum atomic E-state index is -0.0989. The summed E-state index contributed by atoms with van der Waals surface area (Å²) >= 11 is 0. The first kappa shape index (κ1) is 10.6. The monoisotopic (exact) mass is 193 g/mol. The number of hydrogen-bond donors (Lipinski definition) is 2. The van der Waals surface area contributed by atoms with Gasteiger partial charge < -0.3 is 10.4 Å². The molecular formula is C11H15NO2. The molecule has 0 atom stereocenters. The molecule has 3 nitrogen and oxygen atoms in total. The lowest BCUT2D eigenvalue weighted by molar-refractivity contribution is -0.114. The fourth-order valence-electron chi connectivity index (χ4n) is 1.34. The molecule has 0 saturated heterocycles. The molecule has 0 heterocycles. The topological polar surface area (TPSA) is 49.3 Å². The number of anilines is 1. The highest BCUT2D eigenvalue weighted by Crippen LogP contribution is 2.22. The summed E-state index contributed by atoms with van der Waals surface area (Å²) in [5, 5.41) is 12.2. The van der Waals surface area contributed by atoms with E-state index in [1.165, 1.54) is 6.92 Å². The molecule has 14 heavy (non-hydrogen) atoms. The van der Waals surface area contributed by atoms with Crippen molar-refractivity contribution in [1.82, 2.24) is 0 Å². The number of hydrogen-bond acceptors (Lipinski definition) is 2. The number of aryl methyl sites for hydroxylation is 1. The normalized spacial score (nSPS) is 9.86. The van der Waals surface area contributed by atoms with Gasteiger partial charge in [0.1, 0.15) is 5.75 Å². The van der Waals surface area contributed by atoms with Gasteiger partial charge in [-0.05, 0) is 30.2 Å². The molecule has 0 unspecified atom stereocenters. The number of phenolic OH excluding ortho intramolecular Hbond substituents is 1. The van der Waals surface area contributed by atoms with Crippen LogP contribution in [0, 0.1) is 0 Å². The van der Waals surface area contributed by atoms with Crippen LogP contribution in [0.25, 0.3) is 0 Å². The lowest BCUT2D eigenvalue weighted by Gasteiger charge is -2.06. The fourth-order valence-corrected chi connectivity index (χ4v) is 1.34. The molecule has 1 amide bonds. The maximum Gasteiger partial charge on any atom is 0.221 e. The van der Waals surface area contributed by atoms with E-state index in [1.807, 2.05) is 6.92 Å². The van der Waals surface area contributed by atoms with Crippen LogP contribution in [0.1, 0.15) is 25.8 Å². The van der Waals surface area contributed by atoms with Gasteiger partial charge in [0, 0.05) is 12.6 Å². The summed E-state index contributed by atoms with van der Waals surface area (Å²) in [5.74, 6) is 0.194. The smallest absolute Gasteiger partial charge is 0.221 e. The van der Waals surface area contributed by atoms with Gasteiger partial charge >= 0.3 is 0 Å². The van der Waals surface area contributed by atoms with Gasteiger partial charge in [-0.3, -0.25) is 4.79 Å². The first-order chi connectivity index (χ1) is 6.63. The third-order valence-electron chi connectivity index (χ3n) is 1.92. The molecule has 1 rings (SSSR count). The zero-order valence-corrected chi connectivity index (χ0v) is 8.50. The molecule has 3 heteroatoms. The van der Waals surface area contributed by atoms with Crippen molar-refractivity contribution in [2.24, 2.45) is 0 Å². The van der Waals surface area contributed by atoms with E-state index in [4.69, 9.17) is 0 Å². The van der Waals surface area contributed by atoms with Crippen molar-refractivity contribution in [2.75, 3.05) is 5.32 Å². The maximum atomic E-state index is 10.8. The summed E-state index contributed by atoms with van der Waals surface area (Å²) in [5.41, 5.74) is 1.61. The summed E-state index contributed by atoms with van der Waals surface area (Å²) in [6.45, 7) is 3.51. The molecule has 1 aromatic carbocycles. The van der Waals surface area contributed by atoms with Crippen molar-refractivity contribution in [3.63, 3.8) is 0 Å². The molecule has 0 fully saturated rings. The van der Waals surface area contributed by atoms with Crippen LogP contribution in [-0.2, 0) is 11.2 Å². The van der Waals surface area contributed by atoms with Gasteiger partial charge in [-0.1, -0.05) is 13.3 Å². The van der Waals surface area contributed by atoms with Gasteiger partial charge in [0.15, 0.2) is 0 Å². The van der Waals surface area contributed by atoms with Crippen LogP contribution < -0.4 is 5.32 Å². The molecule has 76 valence electrons. The highest BCUT2D eigenvalue weighted by molar-refractivity contribution is 5.88. The molecule has 0 aliphatic carbocycles. The maximum absolute atomic E-state index is 10.8. The van der Waals surface area contributed by atoms with Crippen LogP contribution in [0.3, 0.4) is 0 Å². The van der Waals surface area contributed by atoms with Crippen LogP contribution >= 0.6 is 0 Å². The fraction of sp³-hybridized carbons (Fsp3) is 0.364. The van der Waals surface area contributed by atoms with Crippen molar-refractivity contribution in [1.29, 1.82) is 0 Å². The molecule has 0 spiro atoms. The van der Waals surface area contributed by atoms with Gasteiger partial charge in [-0.2, -0.15) is 0 Å². The predicted octanol–water partition coefficient (Wildman–Crippen LogP) is 2.30. The molecule has 0 saturated carbocycles. The second-order valence-corrected chi connectivity index (χ2v) is 3.27. The molecule has 2 N–H and O–H groups in total. The third-order valence-corrected chi connectivity index (χ3v) is 1.92. The Morgan fingerprint density at radius 1 is 1.50 bits per heavy atom. The first-order valence-corrected chi connectivity index (χ1v) is 4.73. The highest BCUT2D eigenvalue weighted by Gasteiger charge is 2.02. The number of phenols is 1. The van der Waals surface area contributed by atoms with Crippen LogP contribution in [0.5, 0.6) is 5.75 Å². The molecule has 0 bridgehead atoms. The first-order valence-electron chi connectivity index (χ1n) is 4.73. The van der Waals surface area contributed by atoms with Gasteiger partial charge in [0.25, 0.3) is 0 Å². The molecular weight excluding hydrogens is 178 g/mol. The van der Waals surface area contributed by atoms with Gasteiger partial charge in [-0.25, -0.2) is 0 Å². The van der Waals surface area contributed by atoms with Gasteiger partial charge in [0.05, 0.1) is 0 Å². The van der Waals surface area contributed by atoms with Crippen molar-refractivity contribution in [2.45, 2.75) is 26.7 Å². The van der Waals surface area contributed by atoms with Crippen molar-refractivity contribution >= 4 is 11.6 Å². The number of rotatable bonds is 3. The second kappa shape index (κ2) is 4.65. The number of amides is 1. The van der Waals surface area contributed by atoms with E-state index in [-0.39, 0.29) is 5.91 Å². The van der Waals surface area contributed by atoms with Crippen LogP contribution in [-0.4, -0.2) is 11.0 Å². The third kappa shape index (κ3) is 2.76. The number of carbonyl (C=O) groups excluding carboxylic acids is 1.